The zero-order valence-corrected chi connectivity index (χ0v) is 16.8. The molecular formula is C23H24N4O2. The van der Waals surface area contributed by atoms with Crippen LogP contribution in [0.4, 0.5) is 5.82 Å². The monoisotopic (exact) mass is 388 g/mol. The predicted octanol–water partition coefficient (Wildman–Crippen LogP) is 4.01. The van der Waals surface area contributed by atoms with Gasteiger partial charge in [0.1, 0.15) is 5.82 Å². The largest absolute Gasteiger partial charge is 0.349 e. The normalized spacial score (nSPS) is 13.2. The molecule has 6 nitrogen and oxygen atoms in total. The highest BCUT2D eigenvalue weighted by Crippen LogP contribution is 2.33. The van der Waals surface area contributed by atoms with Crippen LogP contribution in [0.15, 0.2) is 48.5 Å². The average Bonchev–Trinajstić information content (AvgIpc) is 3.45. The van der Waals surface area contributed by atoms with Crippen molar-refractivity contribution in [3.05, 3.63) is 65.4 Å². The standard InChI is InChI=1S/C23H24N4O2/c1-14-4-6-17(7-5-14)21-15(2)26-27(22(21)24-16(3)28)20-12-8-18(9-13-20)23(29)25-19-10-11-19/h4-9,12-13,19H,10-11H2,1-3H3,(H,24,28)(H,25,29). The first kappa shape index (κ1) is 18.9. The maximum atomic E-state index is 12.2. The van der Waals surface area contributed by atoms with Gasteiger partial charge in [0.05, 0.1) is 11.4 Å². The van der Waals surface area contributed by atoms with Crippen molar-refractivity contribution in [2.45, 2.75) is 39.7 Å². The van der Waals surface area contributed by atoms with Crippen molar-refractivity contribution >= 4 is 17.6 Å². The molecule has 0 saturated heterocycles. The van der Waals surface area contributed by atoms with Gasteiger partial charge in [0.15, 0.2) is 0 Å². The van der Waals surface area contributed by atoms with Crippen molar-refractivity contribution in [1.29, 1.82) is 0 Å². The summed E-state index contributed by atoms with van der Waals surface area (Å²) in [5.41, 5.74) is 5.25. The van der Waals surface area contributed by atoms with E-state index in [1.165, 1.54) is 12.5 Å². The third-order valence-corrected chi connectivity index (χ3v) is 4.98. The molecule has 2 N–H and O–H groups in total. The van der Waals surface area contributed by atoms with E-state index in [1.54, 1.807) is 16.8 Å². The maximum absolute atomic E-state index is 12.2. The van der Waals surface area contributed by atoms with Crippen LogP contribution in [0.1, 0.15) is 41.4 Å². The number of amides is 2. The Bertz CT molecular complexity index is 1060. The minimum absolute atomic E-state index is 0.0573. The second kappa shape index (κ2) is 7.54. The number of carbonyl (C=O) groups excluding carboxylic acids is 2. The van der Waals surface area contributed by atoms with Gasteiger partial charge in [0.2, 0.25) is 5.91 Å². The van der Waals surface area contributed by atoms with Gasteiger partial charge in [-0.2, -0.15) is 5.10 Å². The van der Waals surface area contributed by atoms with Crippen molar-refractivity contribution in [2.75, 3.05) is 5.32 Å². The summed E-state index contributed by atoms with van der Waals surface area (Å²) in [5.74, 6) is 0.395. The number of aromatic nitrogens is 2. The fourth-order valence-corrected chi connectivity index (χ4v) is 3.31. The summed E-state index contributed by atoms with van der Waals surface area (Å²) in [6.07, 6.45) is 2.11. The summed E-state index contributed by atoms with van der Waals surface area (Å²) < 4.78 is 1.72. The molecule has 3 aromatic rings. The Hall–Kier alpha value is -3.41. The highest BCUT2D eigenvalue weighted by molar-refractivity contribution is 5.95. The number of anilines is 1. The zero-order chi connectivity index (χ0) is 20.5. The van der Waals surface area contributed by atoms with Crippen molar-refractivity contribution in [2.24, 2.45) is 0 Å². The lowest BCUT2D eigenvalue weighted by atomic mass is 10.0. The van der Waals surface area contributed by atoms with Gasteiger partial charge in [-0.1, -0.05) is 29.8 Å². The van der Waals surface area contributed by atoms with E-state index < -0.39 is 0 Å². The van der Waals surface area contributed by atoms with Gasteiger partial charge in [0.25, 0.3) is 5.91 Å². The van der Waals surface area contributed by atoms with E-state index >= 15 is 0 Å². The number of hydrogen-bond acceptors (Lipinski definition) is 3. The Morgan fingerprint density at radius 3 is 2.24 bits per heavy atom. The van der Waals surface area contributed by atoms with Crippen LogP contribution in [0.25, 0.3) is 16.8 Å². The smallest absolute Gasteiger partial charge is 0.251 e. The molecule has 1 aliphatic rings. The average molecular weight is 388 g/mol. The van der Waals surface area contributed by atoms with E-state index in [0.29, 0.717) is 17.4 Å². The molecule has 0 bridgehead atoms. The second-order valence-electron chi connectivity index (χ2n) is 7.56. The fourth-order valence-electron chi connectivity index (χ4n) is 3.31. The summed E-state index contributed by atoms with van der Waals surface area (Å²) in [7, 11) is 0. The highest BCUT2D eigenvalue weighted by atomic mass is 16.2. The number of benzene rings is 2. The van der Waals surface area contributed by atoms with Gasteiger partial charge < -0.3 is 10.6 Å². The van der Waals surface area contributed by atoms with Crippen molar-refractivity contribution in [1.82, 2.24) is 15.1 Å². The molecule has 1 aromatic heterocycles. The molecule has 148 valence electrons. The summed E-state index contributed by atoms with van der Waals surface area (Å²) in [4.78, 5) is 24.1. The number of nitrogens with one attached hydrogen (secondary N) is 2. The number of aryl methyl sites for hydroxylation is 2. The lowest BCUT2D eigenvalue weighted by Gasteiger charge is -2.11. The van der Waals surface area contributed by atoms with Crippen LogP contribution >= 0.6 is 0 Å². The minimum Gasteiger partial charge on any atom is -0.349 e. The quantitative estimate of drug-likeness (QED) is 0.693. The minimum atomic E-state index is -0.167. The number of nitrogens with zero attached hydrogens (tertiary/aromatic N) is 2. The first-order chi connectivity index (χ1) is 13.9. The Morgan fingerprint density at radius 2 is 1.66 bits per heavy atom. The molecule has 0 spiro atoms. The van der Waals surface area contributed by atoms with E-state index in [0.717, 1.165) is 35.3 Å². The van der Waals surface area contributed by atoms with Gasteiger partial charge in [-0.3, -0.25) is 9.59 Å². The Morgan fingerprint density at radius 1 is 1.00 bits per heavy atom. The molecule has 2 amide bonds. The lowest BCUT2D eigenvalue weighted by molar-refractivity contribution is -0.114. The summed E-state index contributed by atoms with van der Waals surface area (Å²) in [5, 5.41) is 10.6. The van der Waals surface area contributed by atoms with E-state index in [2.05, 4.69) is 15.7 Å². The number of rotatable bonds is 5. The molecule has 0 unspecified atom stereocenters. The van der Waals surface area contributed by atoms with E-state index in [9.17, 15) is 9.59 Å². The van der Waals surface area contributed by atoms with Crippen LogP contribution in [-0.2, 0) is 4.79 Å². The van der Waals surface area contributed by atoms with Gasteiger partial charge in [-0.25, -0.2) is 4.68 Å². The van der Waals surface area contributed by atoms with Crippen LogP contribution in [-0.4, -0.2) is 27.6 Å². The molecule has 1 fully saturated rings. The van der Waals surface area contributed by atoms with Crippen molar-refractivity contribution in [3.63, 3.8) is 0 Å². The fraction of sp³-hybridized carbons (Fsp3) is 0.261. The van der Waals surface area contributed by atoms with Gasteiger partial charge in [-0.05, 0) is 56.5 Å². The molecule has 6 heteroatoms. The highest BCUT2D eigenvalue weighted by Gasteiger charge is 2.24. The molecule has 1 aliphatic carbocycles. The Balaban J connectivity index is 1.72. The molecule has 2 aromatic carbocycles. The summed E-state index contributed by atoms with van der Waals surface area (Å²) >= 11 is 0. The maximum Gasteiger partial charge on any atom is 0.251 e. The number of hydrogen-bond donors (Lipinski definition) is 2. The summed E-state index contributed by atoms with van der Waals surface area (Å²) in [6, 6.07) is 15.7. The molecule has 29 heavy (non-hydrogen) atoms. The van der Waals surface area contributed by atoms with Crippen molar-refractivity contribution in [3.8, 4) is 16.8 Å². The predicted molar refractivity (Wildman–Crippen MR) is 113 cm³/mol. The number of carbonyl (C=O) groups is 2. The van der Waals surface area contributed by atoms with E-state index in [4.69, 9.17) is 0 Å². The van der Waals surface area contributed by atoms with Crippen LogP contribution in [0.5, 0.6) is 0 Å². The molecule has 0 aliphatic heterocycles. The molecule has 1 saturated carbocycles. The third-order valence-electron chi connectivity index (χ3n) is 4.98. The molecular weight excluding hydrogens is 364 g/mol. The van der Waals surface area contributed by atoms with E-state index in [1.807, 2.05) is 50.2 Å². The molecule has 4 rings (SSSR count). The molecule has 0 radical (unpaired) electrons. The van der Waals surface area contributed by atoms with E-state index in [-0.39, 0.29) is 11.8 Å². The van der Waals surface area contributed by atoms with Crippen LogP contribution in [0.3, 0.4) is 0 Å². The topological polar surface area (TPSA) is 76.0 Å². The molecule has 1 heterocycles. The lowest BCUT2D eigenvalue weighted by Crippen LogP contribution is -2.25. The molecule has 0 atom stereocenters. The van der Waals surface area contributed by atoms with Crippen molar-refractivity contribution < 1.29 is 9.59 Å². The second-order valence-corrected chi connectivity index (χ2v) is 7.56. The SMILES string of the molecule is CC(=O)Nc1c(-c2ccc(C)cc2)c(C)nn1-c1ccc(C(=O)NC2CC2)cc1. The third kappa shape index (κ3) is 4.06. The van der Waals surface area contributed by atoms with Crippen LogP contribution in [0, 0.1) is 13.8 Å². The Kier molecular flexibility index (Phi) is 4.92. The summed E-state index contributed by atoms with van der Waals surface area (Å²) in [6.45, 7) is 5.45. The first-order valence-corrected chi connectivity index (χ1v) is 9.78. The van der Waals surface area contributed by atoms with Crippen LogP contribution < -0.4 is 10.6 Å². The Labute approximate surface area is 169 Å². The first-order valence-electron chi connectivity index (χ1n) is 9.78. The zero-order valence-electron chi connectivity index (χ0n) is 16.8. The van der Waals surface area contributed by atoms with Gasteiger partial charge in [0, 0.05) is 24.1 Å². The van der Waals surface area contributed by atoms with Gasteiger partial charge in [-0.15, -0.1) is 0 Å². The van der Waals surface area contributed by atoms with Crippen LogP contribution in [0.2, 0.25) is 0 Å². The van der Waals surface area contributed by atoms with Gasteiger partial charge >= 0.3 is 0 Å².